The van der Waals surface area contributed by atoms with Crippen LogP contribution in [0.25, 0.3) is 11.4 Å². The summed E-state index contributed by atoms with van der Waals surface area (Å²) < 4.78 is 71.2. The van der Waals surface area contributed by atoms with Gasteiger partial charge >= 0.3 is 6.18 Å². The van der Waals surface area contributed by atoms with Gasteiger partial charge in [-0.05, 0) is 31.2 Å². The Morgan fingerprint density at radius 1 is 1.06 bits per heavy atom. The average Bonchev–Trinajstić information content (AvgIpc) is 3.27. The van der Waals surface area contributed by atoms with Gasteiger partial charge in [-0.3, -0.25) is 9.69 Å². The van der Waals surface area contributed by atoms with Crippen molar-refractivity contribution < 1.29 is 30.9 Å². The fourth-order valence-electron chi connectivity index (χ4n) is 3.60. The Bertz CT molecular complexity index is 1280. The largest absolute Gasteiger partial charge is 0.416 e. The lowest BCUT2D eigenvalue weighted by molar-refractivity contribution is -0.137. The first-order valence-corrected chi connectivity index (χ1v) is 11.8. The summed E-state index contributed by atoms with van der Waals surface area (Å²) in [5.41, 5.74) is -0.172. The zero-order valence-corrected chi connectivity index (χ0v) is 18.9. The number of alkyl halides is 3. The number of Topliss-reactive ketones (excluding diaryl/α,β-unsaturated/α-hetero) is 1. The number of ketones is 1. The van der Waals surface area contributed by atoms with Gasteiger partial charge in [0.05, 0.1) is 17.0 Å². The van der Waals surface area contributed by atoms with Crippen molar-refractivity contribution in [3.63, 3.8) is 0 Å². The first-order valence-electron chi connectivity index (χ1n) is 10.4. The Morgan fingerprint density at radius 3 is 2.35 bits per heavy atom. The molecule has 4 rings (SSSR count). The van der Waals surface area contributed by atoms with Gasteiger partial charge in [0.2, 0.25) is 21.7 Å². The second kappa shape index (κ2) is 9.28. The Hall–Kier alpha value is -3.09. The molecule has 3 aromatic rings. The maximum Gasteiger partial charge on any atom is 0.416 e. The summed E-state index contributed by atoms with van der Waals surface area (Å²) in [6, 6.07) is 10.5. The Balaban J connectivity index is 1.38. The number of carbonyl (C=O) groups is 1. The topological polar surface area (TPSA) is 96.6 Å². The van der Waals surface area contributed by atoms with Crippen LogP contribution in [-0.4, -0.2) is 59.7 Å². The van der Waals surface area contributed by atoms with Crippen molar-refractivity contribution in [1.29, 1.82) is 0 Å². The van der Waals surface area contributed by atoms with E-state index in [1.54, 1.807) is 0 Å². The van der Waals surface area contributed by atoms with E-state index in [0.717, 1.165) is 12.1 Å². The highest BCUT2D eigenvalue weighted by atomic mass is 32.2. The van der Waals surface area contributed by atoms with Crippen LogP contribution < -0.4 is 0 Å². The van der Waals surface area contributed by atoms with E-state index >= 15 is 0 Å². The predicted molar refractivity (Wildman–Crippen MR) is 115 cm³/mol. The van der Waals surface area contributed by atoms with Crippen LogP contribution in [0.4, 0.5) is 13.2 Å². The number of piperazine rings is 1. The lowest BCUT2D eigenvalue weighted by atomic mass is 10.1. The SMILES string of the molecule is CC(=O)c1ccc(S(=O)(=O)N2CCN(Cc3nc(-c4cccc(C(F)(F)F)c4)no3)CC2)cc1. The van der Waals surface area contributed by atoms with Crippen LogP contribution in [0.2, 0.25) is 0 Å². The monoisotopic (exact) mass is 494 g/mol. The Labute approximate surface area is 194 Å². The molecule has 1 fully saturated rings. The molecule has 1 aromatic heterocycles. The van der Waals surface area contributed by atoms with Gasteiger partial charge in [0, 0.05) is 37.3 Å². The van der Waals surface area contributed by atoms with Crippen molar-refractivity contribution in [2.75, 3.05) is 26.2 Å². The molecule has 1 aliphatic heterocycles. The van der Waals surface area contributed by atoms with E-state index in [1.165, 1.54) is 47.6 Å². The van der Waals surface area contributed by atoms with Crippen LogP contribution in [0.1, 0.15) is 28.7 Å². The second-order valence-electron chi connectivity index (χ2n) is 7.85. The number of hydrogen-bond donors (Lipinski definition) is 0. The summed E-state index contributed by atoms with van der Waals surface area (Å²) in [5.74, 6) is 0.134. The zero-order valence-electron chi connectivity index (χ0n) is 18.1. The first-order chi connectivity index (χ1) is 16.0. The predicted octanol–water partition coefficient (Wildman–Crippen LogP) is 3.46. The Morgan fingerprint density at radius 2 is 1.74 bits per heavy atom. The highest BCUT2D eigenvalue weighted by Gasteiger charge is 2.31. The molecule has 0 aliphatic carbocycles. The summed E-state index contributed by atoms with van der Waals surface area (Å²) in [5, 5.41) is 3.78. The minimum atomic E-state index is -4.47. The third-order valence-corrected chi connectivity index (χ3v) is 7.42. The lowest BCUT2D eigenvalue weighted by Crippen LogP contribution is -2.48. The third-order valence-electron chi connectivity index (χ3n) is 5.50. The lowest BCUT2D eigenvalue weighted by Gasteiger charge is -2.33. The minimum Gasteiger partial charge on any atom is -0.338 e. The molecule has 0 spiro atoms. The van der Waals surface area contributed by atoms with Gasteiger partial charge in [0.1, 0.15) is 0 Å². The van der Waals surface area contributed by atoms with E-state index in [0.29, 0.717) is 18.7 Å². The third kappa shape index (κ3) is 5.18. The van der Waals surface area contributed by atoms with Crippen LogP contribution in [-0.2, 0) is 22.7 Å². The average molecular weight is 494 g/mol. The summed E-state index contributed by atoms with van der Waals surface area (Å²) in [6.45, 7) is 2.96. The number of rotatable bonds is 6. The fourth-order valence-corrected chi connectivity index (χ4v) is 5.02. The van der Waals surface area contributed by atoms with Crippen LogP contribution in [0.15, 0.2) is 57.9 Å². The summed E-state index contributed by atoms with van der Waals surface area (Å²) in [6.07, 6.45) is -4.47. The maximum absolute atomic E-state index is 12.9. The van der Waals surface area contributed by atoms with Gasteiger partial charge in [-0.25, -0.2) is 8.42 Å². The standard InChI is InChI=1S/C22H21F3N4O4S/c1-15(30)16-5-7-19(8-6-16)34(31,32)29-11-9-28(10-12-29)14-20-26-21(27-33-20)17-3-2-4-18(13-17)22(23,24)25/h2-8,13H,9-12,14H2,1H3. The number of carbonyl (C=O) groups excluding carboxylic acids is 1. The van der Waals surface area contributed by atoms with Gasteiger partial charge in [-0.1, -0.05) is 29.4 Å². The van der Waals surface area contributed by atoms with Crippen molar-refractivity contribution in [2.24, 2.45) is 0 Å². The molecule has 1 saturated heterocycles. The van der Waals surface area contributed by atoms with Gasteiger partial charge in [0.25, 0.3) is 0 Å². The van der Waals surface area contributed by atoms with E-state index in [-0.39, 0.29) is 47.6 Å². The number of sulfonamides is 1. The molecule has 0 atom stereocenters. The maximum atomic E-state index is 12.9. The van der Waals surface area contributed by atoms with Crippen molar-refractivity contribution in [1.82, 2.24) is 19.3 Å². The smallest absolute Gasteiger partial charge is 0.338 e. The normalized spacial score (nSPS) is 16.0. The molecular formula is C22H21F3N4O4S. The van der Waals surface area contributed by atoms with Crippen molar-refractivity contribution >= 4 is 15.8 Å². The van der Waals surface area contributed by atoms with Crippen molar-refractivity contribution in [2.45, 2.75) is 24.5 Å². The molecule has 1 aliphatic rings. The zero-order chi connectivity index (χ0) is 24.5. The van der Waals surface area contributed by atoms with Gasteiger partial charge in [-0.2, -0.15) is 22.5 Å². The van der Waals surface area contributed by atoms with Gasteiger partial charge in [-0.15, -0.1) is 0 Å². The Kier molecular flexibility index (Phi) is 6.56. The van der Waals surface area contributed by atoms with E-state index < -0.39 is 21.8 Å². The van der Waals surface area contributed by atoms with Crippen molar-refractivity contribution in [3.8, 4) is 11.4 Å². The summed E-state index contributed by atoms with van der Waals surface area (Å²) in [4.78, 5) is 17.6. The van der Waals surface area contributed by atoms with Gasteiger partial charge < -0.3 is 4.52 Å². The van der Waals surface area contributed by atoms with E-state index in [1.807, 2.05) is 4.90 Å². The fraction of sp³-hybridized carbons (Fsp3) is 0.318. The molecule has 0 amide bonds. The number of nitrogens with zero attached hydrogens (tertiary/aromatic N) is 4. The van der Waals surface area contributed by atoms with Crippen LogP contribution in [0, 0.1) is 0 Å². The number of halogens is 3. The highest BCUT2D eigenvalue weighted by molar-refractivity contribution is 7.89. The van der Waals surface area contributed by atoms with Crippen LogP contribution in [0.5, 0.6) is 0 Å². The van der Waals surface area contributed by atoms with Crippen LogP contribution in [0.3, 0.4) is 0 Å². The quantitative estimate of drug-likeness (QED) is 0.484. The second-order valence-corrected chi connectivity index (χ2v) is 9.79. The van der Waals surface area contributed by atoms with E-state index in [2.05, 4.69) is 10.1 Å². The number of hydrogen-bond acceptors (Lipinski definition) is 7. The minimum absolute atomic E-state index is 0.0521. The number of aromatic nitrogens is 2. The van der Waals surface area contributed by atoms with E-state index in [4.69, 9.17) is 4.52 Å². The molecule has 12 heteroatoms. The molecule has 0 unspecified atom stereocenters. The number of benzene rings is 2. The molecule has 0 N–H and O–H groups in total. The highest BCUT2D eigenvalue weighted by Crippen LogP contribution is 2.31. The molecule has 0 radical (unpaired) electrons. The summed E-state index contributed by atoms with van der Waals surface area (Å²) in [7, 11) is -3.70. The summed E-state index contributed by atoms with van der Waals surface area (Å²) >= 11 is 0. The molecule has 2 aromatic carbocycles. The van der Waals surface area contributed by atoms with Crippen molar-refractivity contribution in [3.05, 3.63) is 65.5 Å². The first kappa shape index (κ1) is 24.0. The molecule has 180 valence electrons. The van der Waals surface area contributed by atoms with Crippen LogP contribution >= 0.6 is 0 Å². The van der Waals surface area contributed by atoms with E-state index in [9.17, 15) is 26.4 Å². The van der Waals surface area contributed by atoms with Gasteiger partial charge in [0.15, 0.2) is 5.78 Å². The molecular weight excluding hydrogens is 473 g/mol. The molecule has 0 bridgehead atoms. The molecule has 34 heavy (non-hydrogen) atoms. The molecule has 2 heterocycles. The molecule has 0 saturated carbocycles. The molecule has 8 nitrogen and oxygen atoms in total.